The SMILES string of the molecule is CC(=O)SCC(=Cc1cncn1C)B1OC(C)(C)C(C)(C)O1. The number of aromatic nitrogens is 2. The number of carbonyl (C=O) groups excluding carboxylic acids is 1. The Bertz CT molecular complexity index is 579. The zero-order valence-corrected chi connectivity index (χ0v) is 14.9. The van der Waals surface area contributed by atoms with Crippen molar-refractivity contribution in [2.24, 2.45) is 7.05 Å². The summed E-state index contributed by atoms with van der Waals surface area (Å²) in [6, 6.07) is 0. The second kappa shape index (κ2) is 6.22. The van der Waals surface area contributed by atoms with Crippen molar-refractivity contribution in [1.29, 1.82) is 0 Å². The summed E-state index contributed by atoms with van der Waals surface area (Å²) < 4.78 is 14.1. The van der Waals surface area contributed by atoms with Crippen LogP contribution in [0.5, 0.6) is 0 Å². The molecule has 1 fully saturated rings. The Balaban J connectivity index is 2.28. The summed E-state index contributed by atoms with van der Waals surface area (Å²) in [6.07, 6.45) is 5.51. The first kappa shape index (κ1) is 17.3. The summed E-state index contributed by atoms with van der Waals surface area (Å²) in [5.74, 6) is 0.539. The van der Waals surface area contributed by atoms with Crippen LogP contribution < -0.4 is 0 Å². The molecule has 0 amide bonds. The minimum absolute atomic E-state index is 0.0763. The van der Waals surface area contributed by atoms with Gasteiger partial charge in [0.2, 0.25) is 0 Å². The van der Waals surface area contributed by atoms with Gasteiger partial charge in [-0.3, -0.25) is 4.79 Å². The molecular formula is C15H23BN2O3S. The second-order valence-corrected chi connectivity index (χ2v) is 7.67. The average Bonchev–Trinajstić information content (AvgIpc) is 2.86. The third-order valence-corrected chi connectivity index (χ3v) is 5.07. The van der Waals surface area contributed by atoms with E-state index in [1.807, 2.05) is 45.4 Å². The number of imidazole rings is 1. The van der Waals surface area contributed by atoms with E-state index in [0.717, 1.165) is 11.2 Å². The van der Waals surface area contributed by atoms with Gasteiger partial charge in [-0.25, -0.2) is 4.98 Å². The first-order valence-corrected chi connectivity index (χ1v) is 8.27. The molecule has 1 aliphatic rings. The van der Waals surface area contributed by atoms with Crippen molar-refractivity contribution < 1.29 is 14.1 Å². The molecule has 22 heavy (non-hydrogen) atoms. The van der Waals surface area contributed by atoms with Gasteiger partial charge in [-0.1, -0.05) is 11.8 Å². The van der Waals surface area contributed by atoms with Crippen molar-refractivity contribution >= 4 is 30.1 Å². The van der Waals surface area contributed by atoms with Gasteiger partial charge < -0.3 is 13.9 Å². The predicted octanol–water partition coefficient (Wildman–Crippen LogP) is 2.71. The van der Waals surface area contributed by atoms with E-state index in [0.29, 0.717) is 5.75 Å². The number of aryl methyl sites for hydroxylation is 1. The van der Waals surface area contributed by atoms with Gasteiger partial charge >= 0.3 is 7.12 Å². The average molecular weight is 322 g/mol. The van der Waals surface area contributed by atoms with Crippen LogP contribution in [-0.2, 0) is 21.2 Å². The second-order valence-electron chi connectivity index (χ2n) is 6.52. The van der Waals surface area contributed by atoms with Gasteiger partial charge in [0.1, 0.15) is 0 Å². The lowest BCUT2D eigenvalue weighted by atomic mass is 9.78. The van der Waals surface area contributed by atoms with Crippen LogP contribution in [0.2, 0.25) is 0 Å². The number of hydrogen-bond donors (Lipinski definition) is 0. The molecule has 7 heteroatoms. The quantitative estimate of drug-likeness (QED) is 0.798. The summed E-state index contributed by atoms with van der Waals surface area (Å²) in [6.45, 7) is 9.65. The molecule has 120 valence electrons. The van der Waals surface area contributed by atoms with Crippen LogP contribution in [0.1, 0.15) is 40.3 Å². The van der Waals surface area contributed by atoms with Gasteiger partial charge in [-0.05, 0) is 39.2 Å². The summed E-state index contributed by atoms with van der Waals surface area (Å²) in [5, 5.41) is 0.0763. The van der Waals surface area contributed by atoms with E-state index >= 15 is 0 Å². The van der Waals surface area contributed by atoms with Crippen molar-refractivity contribution in [3.05, 3.63) is 23.7 Å². The highest BCUT2D eigenvalue weighted by Crippen LogP contribution is 2.39. The monoisotopic (exact) mass is 322 g/mol. The fraction of sp³-hybridized carbons (Fsp3) is 0.600. The van der Waals surface area contributed by atoms with Gasteiger partial charge in [0.15, 0.2) is 5.12 Å². The zero-order valence-electron chi connectivity index (χ0n) is 14.0. The highest BCUT2D eigenvalue weighted by Gasteiger charge is 2.52. The Labute approximate surface area is 136 Å². The Hall–Kier alpha value is -1.05. The Kier molecular flexibility index (Phi) is 4.89. The maximum absolute atomic E-state index is 11.3. The fourth-order valence-corrected chi connectivity index (χ4v) is 2.64. The normalized spacial score (nSPS) is 20.5. The summed E-state index contributed by atoms with van der Waals surface area (Å²) >= 11 is 1.26. The topological polar surface area (TPSA) is 53.4 Å². The fourth-order valence-electron chi connectivity index (χ4n) is 2.05. The molecule has 0 N–H and O–H groups in total. The van der Waals surface area contributed by atoms with E-state index in [4.69, 9.17) is 9.31 Å². The van der Waals surface area contributed by atoms with E-state index in [2.05, 4.69) is 4.98 Å². The summed E-state index contributed by atoms with van der Waals surface area (Å²) in [7, 11) is 1.48. The van der Waals surface area contributed by atoms with Crippen LogP contribution in [0.4, 0.5) is 0 Å². The maximum atomic E-state index is 11.3. The first-order chi connectivity index (χ1) is 10.1. The van der Waals surface area contributed by atoms with Crippen molar-refractivity contribution in [2.75, 3.05) is 5.75 Å². The third kappa shape index (κ3) is 3.64. The van der Waals surface area contributed by atoms with E-state index in [-0.39, 0.29) is 5.12 Å². The molecule has 0 atom stereocenters. The van der Waals surface area contributed by atoms with Crippen molar-refractivity contribution in [2.45, 2.75) is 45.8 Å². The van der Waals surface area contributed by atoms with Crippen LogP contribution in [0.15, 0.2) is 18.0 Å². The number of nitrogens with zero attached hydrogens (tertiary/aromatic N) is 2. The lowest BCUT2D eigenvalue weighted by Crippen LogP contribution is -2.41. The molecule has 0 saturated carbocycles. The molecule has 2 heterocycles. The molecule has 0 aliphatic carbocycles. The number of rotatable bonds is 4. The smallest absolute Gasteiger partial charge is 0.400 e. The molecule has 0 radical (unpaired) electrons. The third-order valence-electron chi connectivity index (χ3n) is 4.19. The first-order valence-electron chi connectivity index (χ1n) is 7.28. The minimum atomic E-state index is -0.452. The molecule has 0 unspecified atom stereocenters. The zero-order chi connectivity index (χ0) is 16.5. The highest BCUT2D eigenvalue weighted by atomic mass is 32.2. The van der Waals surface area contributed by atoms with Gasteiger partial charge in [-0.15, -0.1) is 0 Å². The van der Waals surface area contributed by atoms with Gasteiger partial charge in [-0.2, -0.15) is 0 Å². The number of carbonyl (C=O) groups is 1. The van der Waals surface area contributed by atoms with Crippen LogP contribution in [0.25, 0.3) is 6.08 Å². The minimum Gasteiger partial charge on any atom is -0.400 e. The molecule has 1 aromatic heterocycles. The molecule has 0 spiro atoms. The van der Waals surface area contributed by atoms with E-state index < -0.39 is 18.3 Å². The molecule has 5 nitrogen and oxygen atoms in total. The lowest BCUT2D eigenvalue weighted by Gasteiger charge is -2.32. The number of thioether (sulfide) groups is 1. The Morgan fingerprint density at radius 1 is 1.36 bits per heavy atom. The van der Waals surface area contributed by atoms with Crippen molar-refractivity contribution in [3.8, 4) is 0 Å². The molecule has 1 saturated heterocycles. The van der Waals surface area contributed by atoms with Crippen LogP contribution in [0.3, 0.4) is 0 Å². The molecule has 1 aromatic rings. The largest absolute Gasteiger partial charge is 0.491 e. The van der Waals surface area contributed by atoms with Gasteiger partial charge in [0.25, 0.3) is 0 Å². The van der Waals surface area contributed by atoms with Crippen LogP contribution in [-0.4, -0.2) is 38.7 Å². The molecular weight excluding hydrogens is 299 g/mol. The van der Waals surface area contributed by atoms with E-state index in [1.54, 1.807) is 19.4 Å². The molecule has 2 rings (SSSR count). The standard InChI is InChI=1S/C15H23BN2O3S/c1-11(19)22-9-12(7-13-8-17-10-18(13)6)16-20-14(2,3)15(4,5)21-16/h7-8,10H,9H2,1-6H3. The number of hydrogen-bond acceptors (Lipinski definition) is 5. The Morgan fingerprint density at radius 3 is 2.41 bits per heavy atom. The molecule has 1 aliphatic heterocycles. The van der Waals surface area contributed by atoms with Crippen LogP contribution >= 0.6 is 11.8 Å². The van der Waals surface area contributed by atoms with Crippen molar-refractivity contribution in [1.82, 2.24) is 9.55 Å². The van der Waals surface area contributed by atoms with Crippen LogP contribution in [0, 0.1) is 0 Å². The molecule has 0 aromatic carbocycles. The van der Waals surface area contributed by atoms with Crippen molar-refractivity contribution in [3.63, 3.8) is 0 Å². The summed E-state index contributed by atoms with van der Waals surface area (Å²) in [5.41, 5.74) is 1.09. The van der Waals surface area contributed by atoms with E-state index in [9.17, 15) is 4.79 Å². The lowest BCUT2D eigenvalue weighted by molar-refractivity contribution is -0.109. The Morgan fingerprint density at radius 2 is 1.95 bits per heavy atom. The molecule has 0 bridgehead atoms. The van der Waals surface area contributed by atoms with Gasteiger partial charge in [0, 0.05) is 19.7 Å². The maximum Gasteiger partial charge on any atom is 0.491 e. The summed E-state index contributed by atoms with van der Waals surface area (Å²) in [4.78, 5) is 15.4. The predicted molar refractivity (Wildman–Crippen MR) is 90.4 cm³/mol. The van der Waals surface area contributed by atoms with Gasteiger partial charge in [0.05, 0.1) is 29.4 Å². The van der Waals surface area contributed by atoms with E-state index in [1.165, 1.54) is 11.8 Å². The highest BCUT2D eigenvalue weighted by molar-refractivity contribution is 8.13.